The molecular weight excluding hydrogens is 447 g/mol. The van der Waals surface area contributed by atoms with E-state index < -0.39 is 0 Å². The highest BCUT2D eigenvalue weighted by atomic mass is 19.1. The molecule has 5 aromatic rings. The van der Waals surface area contributed by atoms with Gasteiger partial charge in [-0.2, -0.15) is 15.1 Å². The Morgan fingerprint density at radius 2 is 2.14 bits per heavy atom. The van der Waals surface area contributed by atoms with Gasteiger partial charge in [-0.3, -0.25) is 0 Å². The van der Waals surface area contributed by atoms with Crippen LogP contribution in [0.25, 0.3) is 27.6 Å². The predicted molar refractivity (Wildman–Crippen MR) is 134 cm³/mol. The van der Waals surface area contributed by atoms with Crippen molar-refractivity contribution in [2.24, 2.45) is 11.7 Å². The second kappa shape index (κ2) is 7.51. The molecule has 0 spiro atoms. The van der Waals surface area contributed by atoms with Gasteiger partial charge in [-0.25, -0.2) is 13.9 Å². The Balaban J connectivity index is 1.42. The molecule has 2 bridgehead atoms. The number of aromatic nitrogens is 6. The number of fused-ring (bicyclic) bond motifs is 7. The van der Waals surface area contributed by atoms with Crippen LogP contribution in [-0.4, -0.2) is 55.2 Å². The van der Waals surface area contributed by atoms with Crippen LogP contribution in [0.5, 0.6) is 0 Å². The molecule has 35 heavy (non-hydrogen) atoms. The van der Waals surface area contributed by atoms with Crippen LogP contribution in [0.2, 0.25) is 0 Å². The van der Waals surface area contributed by atoms with Crippen LogP contribution >= 0.6 is 0 Å². The highest BCUT2D eigenvalue weighted by Crippen LogP contribution is 2.42. The molecule has 4 aromatic heterocycles. The number of piperidine rings is 2. The normalized spacial score (nSPS) is 21.9. The number of hydrogen-bond donors (Lipinski definition) is 4. The molecule has 6 heterocycles. The maximum absolute atomic E-state index is 14.6. The van der Waals surface area contributed by atoms with Crippen LogP contribution < -0.4 is 21.3 Å². The molecule has 1 saturated carbocycles. The molecule has 2 aliphatic heterocycles. The minimum Gasteiger partial charge on any atom is -0.386 e. The first-order valence-electron chi connectivity index (χ1n) is 11.9. The van der Waals surface area contributed by atoms with Crippen molar-refractivity contribution < 1.29 is 4.39 Å². The quantitative estimate of drug-likeness (QED) is 0.314. The third kappa shape index (κ3) is 3.18. The van der Waals surface area contributed by atoms with Crippen molar-refractivity contribution in [1.29, 1.82) is 0 Å². The fraction of sp³-hybridized carbons (Fsp3) is 0.333. The lowest BCUT2D eigenvalue weighted by Crippen LogP contribution is -2.57. The highest BCUT2D eigenvalue weighted by molar-refractivity contribution is 6.14. The van der Waals surface area contributed by atoms with E-state index in [4.69, 9.17) is 15.7 Å². The number of nitrogens with zero attached hydrogens (tertiary/aromatic N) is 6. The van der Waals surface area contributed by atoms with E-state index in [1.54, 1.807) is 30.0 Å². The lowest BCUT2D eigenvalue weighted by molar-refractivity contribution is 0.216. The summed E-state index contributed by atoms with van der Waals surface area (Å²) in [6.45, 7) is 0.832. The lowest BCUT2D eigenvalue weighted by Gasteiger charge is -2.49. The van der Waals surface area contributed by atoms with Gasteiger partial charge in [0, 0.05) is 37.1 Å². The molecule has 5 N–H and O–H groups in total. The first kappa shape index (κ1) is 20.4. The summed E-state index contributed by atoms with van der Waals surface area (Å²) in [6.07, 6.45) is 8.40. The smallest absolute Gasteiger partial charge is 0.231 e. The van der Waals surface area contributed by atoms with Gasteiger partial charge in [0.25, 0.3) is 0 Å². The van der Waals surface area contributed by atoms with Crippen LogP contribution in [0, 0.1) is 11.7 Å². The van der Waals surface area contributed by atoms with Crippen LogP contribution in [0.1, 0.15) is 19.3 Å². The summed E-state index contributed by atoms with van der Waals surface area (Å²) in [5.41, 5.74) is 10.0. The standard InChI is InChI=1S/C24H25FN10/c1-27-18-7-13(25)6-16-20-22(31-21(16)18)32-24(30-14-9-28-19-4-5-29-35(19)11-14)33-23(20)34-10-12-2-3-15(34)8-17(12)26/h4-7,9,11-12,15,17,27H,2-3,8,10,26H2,1H3,(H2,30,31,32,33)/t12?,15?,17-/m1/s1. The SMILES string of the molecule is CNc1cc(F)cc2c1[nH]c1nc(Nc3cnc4ccnn4c3)nc(N3CC4CCC3C[C@H]4N)c12. The summed E-state index contributed by atoms with van der Waals surface area (Å²) >= 11 is 0. The fourth-order valence-electron chi connectivity index (χ4n) is 5.72. The van der Waals surface area contributed by atoms with Gasteiger partial charge in [0.15, 0.2) is 5.65 Å². The minimum absolute atomic E-state index is 0.211. The maximum atomic E-state index is 14.6. The van der Waals surface area contributed by atoms with Crippen molar-refractivity contribution in [2.75, 3.05) is 29.1 Å². The number of H-pyrrole nitrogens is 1. The van der Waals surface area contributed by atoms with E-state index in [1.807, 2.05) is 12.3 Å². The monoisotopic (exact) mass is 472 g/mol. The number of rotatable bonds is 4. The second-order valence-electron chi connectivity index (χ2n) is 9.49. The Kier molecular flexibility index (Phi) is 4.37. The van der Waals surface area contributed by atoms with Gasteiger partial charge in [0.05, 0.1) is 40.9 Å². The predicted octanol–water partition coefficient (Wildman–Crippen LogP) is 3.39. The third-order valence-corrected chi connectivity index (χ3v) is 7.44. The lowest BCUT2D eigenvalue weighted by atomic mass is 9.76. The molecule has 3 fully saturated rings. The molecule has 11 heteroatoms. The van der Waals surface area contributed by atoms with E-state index in [0.29, 0.717) is 34.9 Å². The van der Waals surface area contributed by atoms with E-state index >= 15 is 0 Å². The summed E-state index contributed by atoms with van der Waals surface area (Å²) in [5, 5.41) is 12.2. The summed E-state index contributed by atoms with van der Waals surface area (Å²) in [6, 6.07) is 5.38. The molecular formula is C24H25FN10. The first-order valence-corrected chi connectivity index (χ1v) is 11.9. The fourth-order valence-corrected chi connectivity index (χ4v) is 5.72. The zero-order valence-electron chi connectivity index (χ0n) is 19.2. The van der Waals surface area contributed by atoms with Gasteiger partial charge < -0.3 is 26.3 Å². The molecule has 3 atom stereocenters. The number of benzene rings is 1. The molecule has 2 unspecified atom stereocenters. The number of anilines is 4. The molecule has 0 amide bonds. The summed E-state index contributed by atoms with van der Waals surface area (Å²) in [4.78, 5) is 19.9. The highest BCUT2D eigenvalue weighted by Gasteiger charge is 2.40. The molecule has 1 aromatic carbocycles. The van der Waals surface area contributed by atoms with Crippen LogP contribution in [-0.2, 0) is 0 Å². The van der Waals surface area contributed by atoms with Crippen molar-refractivity contribution in [3.8, 4) is 0 Å². The van der Waals surface area contributed by atoms with E-state index in [9.17, 15) is 4.39 Å². The molecule has 1 aliphatic carbocycles. The molecule has 178 valence electrons. The van der Waals surface area contributed by atoms with Gasteiger partial charge in [0.2, 0.25) is 5.95 Å². The van der Waals surface area contributed by atoms with E-state index in [2.05, 4.69) is 30.6 Å². The molecule has 3 aliphatic rings. The van der Waals surface area contributed by atoms with E-state index in [0.717, 1.165) is 53.6 Å². The zero-order chi connectivity index (χ0) is 23.7. The van der Waals surface area contributed by atoms with E-state index in [-0.39, 0.29) is 11.9 Å². The molecule has 8 rings (SSSR count). The summed E-state index contributed by atoms with van der Waals surface area (Å²) in [5.74, 6) is 1.34. The number of hydrogen-bond acceptors (Lipinski definition) is 8. The Morgan fingerprint density at radius 1 is 1.23 bits per heavy atom. The zero-order valence-corrected chi connectivity index (χ0v) is 19.2. The van der Waals surface area contributed by atoms with Gasteiger partial charge in [-0.1, -0.05) is 0 Å². The average molecular weight is 473 g/mol. The number of nitrogens with one attached hydrogen (secondary N) is 3. The molecule has 0 radical (unpaired) electrons. The maximum Gasteiger partial charge on any atom is 0.231 e. The third-order valence-electron chi connectivity index (χ3n) is 7.44. The summed E-state index contributed by atoms with van der Waals surface area (Å²) < 4.78 is 16.3. The number of aromatic amines is 1. The summed E-state index contributed by atoms with van der Waals surface area (Å²) in [7, 11) is 1.78. The van der Waals surface area contributed by atoms with Gasteiger partial charge >= 0.3 is 0 Å². The minimum atomic E-state index is -0.309. The van der Waals surface area contributed by atoms with Gasteiger partial charge in [-0.15, -0.1) is 0 Å². The number of halogens is 1. The number of nitrogens with two attached hydrogens (primary N) is 1. The Labute approximate surface area is 199 Å². The largest absolute Gasteiger partial charge is 0.386 e. The Bertz CT molecular complexity index is 1590. The van der Waals surface area contributed by atoms with Crippen molar-refractivity contribution >= 4 is 50.7 Å². The van der Waals surface area contributed by atoms with Crippen molar-refractivity contribution in [2.45, 2.75) is 31.3 Å². The van der Waals surface area contributed by atoms with E-state index in [1.165, 1.54) is 6.07 Å². The van der Waals surface area contributed by atoms with Crippen LogP contribution in [0.3, 0.4) is 0 Å². The van der Waals surface area contributed by atoms with Gasteiger partial charge in [-0.05, 0) is 37.3 Å². The van der Waals surface area contributed by atoms with Crippen LogP contribution in [0.15, 0.2) is 36.8 Å². The topological polar surface area (TPSA) is 125 Å². The molecule has 2 saturated heterocycles. The second-order valence-corrected chi connectivity index (χ2v) is 9.49. The van der Waals surface area contributed by atoms with Crippen molar-refractivity contribution in [3.63, 3.8) is 0 Å². The molecule has 10 nitrogen and oxygen atoms in total. The van der Waals surface area contributed by atoms with Crippen LogP contribution in [0.4, 0.5) is 27.5 Å². The van der Waals surface area contributed by atoms with Gasteiger partial charge in [0.1, 0.15) is 17.3 Å². The Morgan fingerprint density at radius 3 is 2.94 bits per heavy atom. The van der Waals surface area contributed by atoms with Crippen molar-refractivity contribution in [1.82, 2.24) is 29.5 Å². The van der Waals surface area contributed by atoms with Crippen molar-refractivity contribution in [3.05, 3.63) is 42.6 Å². The first-order chi connectivity index (χ1) is 17.1. The Hall–Kier alpha value is -3.99. The average Bonchev–Trinajstić information content (AvgIpc) is 3.47.